The fraction of sp³-hybridized carbons (Fsp3) is 0.431. The fourth-order valence-corrected chi connectivity index (χ4v) is 15.2. The SMILES string of the molecule is C=CC[Si](C)(C)C.CCOC(=O)C(C=O)C=O.CCOC(=O)c1cnn(C2(C(F)(F)F)CCN(C(=O)OC(C)(C)C)CC2)c1.CCOC(=O)c1cnn(C2(C(F)(F)F)CCNCC2)c1.NNC(=O)c1ccccc1.O=C(NN=C1CCN(C(=O)OCc2ccccc2)CC1)c1ccccc1.O=C(NNC1(C(F)(F)F)CCN(C(=O)OCc2ccccc2)CC1)c1ccccc1.O=C1CCN(C(=O)OCc2ccccc2)CC1. The van der Waals surface area contributed by atoms with Crippen LogP contribution in [0.4, 0.5) is 58.7 Å². The van der Waals surface area contributed by atoms with Gasteiger partial charge in [0.15, 0.2) is 17.0 Å². The first-order chi connectivity index (χ1) is 69.7. The van der Waals surface area contributed by atoms with Crippen LogP contribution in [0.5, 0.6) is 0 Å². The van der Waals surface area contributed by atoms with Crippen molar-refractivity contribution in [1.29, 1.82) is 0 Å². The molecule has 5 aliphatic heterocycles. The fourth-order valence-electron chi connectivity index (χ4n) is 14.4. The van der Waals surface area contributed by atoms with Crippen LogP contribution in [0, 0.1) is 5.92 Å². The molecule has 45 heteroatoms. The number of ether oxygens (including phenoxy) is 7. The molecule has 0 bridgehead atoms. The molecule has 8 aromatic rings. The number of nitrogen functional groups attached to an aromatic ring is 1. The van der Waals surface area contributed by atoms with E-state index in [4.69, 9.17) is 34.3 Å². The lowest BCUT2D eigenvalue weighted by Gasteiger charge is -2.42. The van der Waals surface area contributed by atoms with Crippen LogP contribution in [0.25, 0.3) is 0 Å². The minimum atomic E-state index is -4.61. The summed E-state index contributed by atoms with van der Waals surface area (Å²) < 4.78 is 160. The second kappa shape index (κ2) is 59.8. The van der Waals surface area contributed by atoms with Gasteiger partial charge in [0, 0.05) is 121 Å². The molecule has 0 aliphatic carbocycles. The molecule has 0 saturated carbocycles. The Hall–Kier alpha value is -14.5. The molecule has 147 heavy (non-hydrogen) atoms. The summed E-state index contributed by atoms with van der Waals surface area (Å²) in [6, 6.07) is 55.1. The maximum atomic E-state index is 13.9. The van der Waals surface area contributed by atoms with Crippen molar-refractivity contribution in [2.75, 3.05) is 85.3 Å². The number of piperidine rings is 5. The minimum Gasteiger partial charge on any atom is -0.465 e. The summed E-state index contributed by atoms with van der Waals surface area (Å²) in [5.74, 6) is 0.538. The molecule has 5 fully saturated rings. The number of likely N-dealkylation sites (tertiary alicyclic amines) is 4. The van der Waals surface area contributed by atoms with Gasteiger partial charge in [-0.1, -0.05) is 171 Å². The van der Waals surface area contributed by atoms with Gasteiger partial charge < -0.3 is 67.7 Å². The number of aldehydes is 2. The Balaban J connectivity index is 0.000000266. The molecule has 7 heterocycles. The molecule has 7 amide bonds. The quantitative estimate of drug-likeness (QED) is 0.00313. The van der Waals surface area contributed by atoms with Crippen molar-refractivity contribution in [3.05, 3.63) is 264 Å². The van der Waals surface area contributed by atoms with E-state index in [1.54, 1.807) is 130 Å². The van der Waals surface area contributed by atoms with Crippen LogP contribution >= 0.6 is 0 Å². The first kappa shape index (κ1) is 121. The van der Waals surface area contributed by atoms with E-state index in [-0.39, 0.29) is 164 Å². The number of hydrazine groups is 2. The van der Waals surface area contributed by atoms with Crippen molar-refractivity contribution >= 4 is 92.1 Å². The van der Waals surface area contributed by atoms with Crippen LogP contribution in [0.1, 0.15) is 174 Å². The minimum absolute atomic E-state index is 0.0361. The predicted octanol–water partition coefficient (Wildman–Crippen LogP) is 16.3. The highest BCUT2D eigenvalue weighted by Crippen LogP contribution is 2.46. The number of hydrazone groups is 1. The van der Waals surface area contributed by atoms with Crippen molar-refractivity contribution in [1.82, 2.24) is 66.2 Å². The number of Topliss-reactive ketones (excluding diaryl/α,β-unsaturated/α-hetero) is 1. The molecule has 5 aliphatic rings. The van der Waals surface area contributed by atoms with Gasteiger partial charge in [0.2, 0.25) is 0 Å². The summed E-state index contributed by atoms with van der Waals surface area (Å²) in [5, 5.41) is 14.6. The number of nitrogens with two attached hydrogens (primary N) is 1. The van der Waals surface area contributed by atoms with Crippen LogP contribution in [-0.4, -0.2) is 246 Å². The Morgan fingerprint density at radius 1 is 0.463 bits per heavy atom. The summed E-state index contributed by atoms with van der Waals surface area (Å²) in [6.45, 7) is 23.6. The maximum Gasteiger partial charge on any atom is 0.413 e. The summed E-state index contributed by atoms with van der Waals surface area (Å²) in [5.41, 5.74) is 6.53. The molecular weight excluding hydrogens is 1950 g/mol. The zero-order chi connectivity index (χ0) is 108. The van der Waals surface area contributed by atoms with E-state index in [1.807, 2.05) is 102 Å². The number of amides is 7. The Labute approximate surface area is 847 Å². The van der Waals surface area contributed by atoms with Crippen LogP contribution < -0.4 is 32.9 Å². The average molecular weight is 2080 g/mol. The number of alkyl halides is 9. The summed E-state index contributed by atoms with van der Waals surface area (Å²) in [4.78, 5) is 153. The molecule has 0 radical (unpaired) electrons. The Morgan fingerprint density at radius 3 is 1.15 bits per heavy atom. The van der Waals surface area contributed by atoms with Crippen LogP contribution in [-0.2, 0) is 83.2 Å². The van der Waals surface area contributed by atoms with Gasteiger partial charge in [-0.15, -0.1) is 6.58 Å². The van der Waals surface area contributed by atoms with Crippen molar-refractivity contribution in [2.45, 2.75) is 192 Å². The monoisotopic (exact) mass is 2080 g/mol. The van der Waals surface area contributed by atoms with E-state index < -0.39 is 104 Å². The number of carbonyl (C=O) groups excluding carboxylic acids is 13. The number of carbonyl (C=O) groups is 13. The zero-order valence-electron chi connectivity index (χ0n) is 83.4. The van der Waals surface area contributed by atoms with E-state index in [0.29, 0.717) is 63.0 Å². The van der Waals surface area contributed by atoms with Gasteiger partial charge >= 0.3 is 60.8 Å². The number of hydrogen-bond acceptors (Lipinski definition) is 26. The third-order valence-corrected chi connectivity index (χ3v) is 24.1. The third-order valence-electron chi connectivity index (χ3n) is 22.6. The number of esters is 3. The third kappa shape index (κ3) is 40.1. The van der Waals surface area contributed by atoms with E-state index in [0.717, 1.165) is 56.6 Å². The Bertz CT molecular complexity index is 5480. The number of rotatable bonds is 24. The van der Waals surface area contributed by atoms with E-state index in [2.05, 4.69) is 67.8 Å². The molecule has 35 nitrogen and oxygen atoms in total. The first-order valence-electron chi connectivity index (χ1n) is 47.2. The Kier molecular flexibility index (Phi) is 49.3. The number of halogens is 9. The van der Waals surface area contributed by atoms with Crippen molar-refractivity contribution in [3.63, 3.8) is 0 Å². The van der Waals surface area contributed by atoms with Gasteiger partial charge in [-0.25, -0.2) is 45.5 Å². The molecule has 13 rings (SSSR count). The number of nitrogens with one attached hydrogen (secondary N) is 5. The molecule has 798 valence electrons. The molecule has 5 saturated heterocycles. The Morgan fingerprint density at radius 2 is 0.810 bits per heavy atom. The molecular formula is C102H128F9N15O20Si. The normalized spacial score (nSPS) is 15.1. The number of ketones is 1. The lowest BCUT2D eigenvalue weighted by molar-refractivity contribution is -0.230. The van der Waals surface area contributed by atoms with Gasteiger partial charge in [-0.05, 0) is 152 Å². The zero-order valence-corrected chi connectivity index (χ0v) is 84.4. The highest BCUT2D eigenvalue weighted by Gasteiger charge is 2.60. The molecule has 2 aromatic heterocycles. The molecule has 6 aromatic carbocycles. The average Bonchev–Trinajstić information content (AvgIpc) is 1.70. The second-order valence-electron chi connectivity index (χ2n) is 35.6. The highest BCUT2D eigenvalue weighted by atomic mass is 28.3. The van der Waals surface area contributed by atoms with Gasteiger partial charge in [-0.3, -0.25) is 44.2 Å². The van der Waals surface area contributed by atoms with Crippen LogP contribution in [0.3, 0.4) is 0 Å². The number of hydrogen-bond donors (Lipinski definition) is 6. The standard InChI is InChI=1S/C21H22F3N3O3.C20H21N3O3.C17H24F3N3O4.C13H15NO3.C12H16F3N3O2.C7H8N2O.C6H8O4.C6H14Si/c22-21(23,24)20(26-25-18(28)17-9-5-2-6-10-17)11-13-27(14-12-20)19(29)30-15-16-7-3-1-4-8-16;24-19(17-9-5-2-6-10-17)22-21-18-11-13-23(14-12-18)20(25)26-15-16-7-3-1-4-8-16;1-5-26-13(24)12-10-21-23(11-12)16(17(18,19)20)6-8-22(9-7-16)14(25)27-15(2,3)4;15-12-6-8-14(9-7-12)13(16)17-10-11-4-2-1-3-5-11;1-2-20-10(19)9-7-17-18(8-9)11(12(13,14)15)3-5-16-6-4-11;8-9-7(10)6-4-2-1-3-5-6;1-2-10-6(9)5(3-7)4-8;1-5-6-7(2,3)4/h1-10,26H,11-15H2,(H,25,28);1-10H,11-15H2,(H,22,24);10-11H,5-9H2,1-4H3;1-5H,6-10H2;7-8,16H,2-6H2,1H3;1-5H,8H2,(H,9,10);3-5H,2H2,1H3;5H,1,6H2,2-4H3. The second-order valence-corrected chi connectivity index (χ2v) is 41.2. The maximum absolute atomic E-state index is 13.9. The number of nitrogens with zero attached hydrogens (tertiary/aromatic N) is 9. The summed E-state index contributed by atoms with van der Waals surface area (Å²) in [7, 11) is -0.775. The van der Waals surface area contributed by atoms with Gasteiger partial charge in [-0.2, -0.15) is 54.8 Å². The lowest BCUT2D eigenvalue weighted by Crippen LogP contribution is -2.66. The summed E-state index contributed by atoms with van der Waals surface area (Å²) in [6.07, 6.45) is -8.41. The predicted molar refractivity (Wildman–Crippen MR) is 527 cm³/mol. The molecule has 7 N–H and O–H groups in total. The van der Waals surface area contributed by atoms with Gasteiger partial charge in [0.1, 0.15) is 49.3 Å². The van der Waals surface area contributed by atoms with Crippen molar-refractivity contribution < 1.29 is 135 Å². The molecule has 0 atom stereocenters. The molecule has 0 unspecified atom stereocenters. The largest absolute Gasteiger partial charge is 0.465 e. The first-order valence-corrected chi connectivity index (χ1v) is 50.9. The smallest absolute Gasteiger partial charge is 0.413 e. The van der Waals surface area contributed by atoms with Crippen LogP contribution in [0.15, 0.2) is 225 Å². The van der Waals surface area contributed by atoms with Crippen LogP contribution in [0.2, 0.25) is 25.7 Å². The number of aromatic nitrogens is 4. The van der Waals surface area contributed by atoms with E-state index in [9.17, 15) is 102 Å². The lowest BCUT2D eigenvalue weighted by atomic mass is 9.87. The number of benzene rings is 6. The van der Waals surface area contributed by atoms with Crippen molar-refractivity contribution in [3.8, 4) is 0 Å². The summed E-state index contributed by atoms with van der Waals surface area (Å²) >= 11 is 0. The van der Waals surface area contributed by atoms with Crippen molar-refractivity contribution in [2.24, 2.45) is 16.9 Å². The van der Waals surface area contributed by atoms with Gasteiger partial charge in [0.05, 0.1) is 43.3 Å². The number of allylic oxidation sites excluding steroid dienone is 1. The van der Waals surface area contributed by atoms with Gasteiger partial charge in [0.25, 0.3) is 17.7 Å². The highest BCUT2D eigenvalue weighted by molar-refractivity contribution is 6.76. The molecule has 0 spiro atoms. The topological polar surface area (TPSA) is 434 Å². The van der Waals surface area contributed by atoms with E-state index >= 15 is 0 Å². The van der Waals surface area contributed by atoms with E-state index in [1.165, 1.54) is 28.0 Å².